The van der Waals surface area contributed by atoms with Crippen molar-refractivity contribution in [3.63, 3.8) is 0 Å². The summed E-state index contributed by atoms with van der Waals surface area (Å²) in [5.41, 5.74) is 0. The highest BCUT2D eigenvalue weighted by molar-refractivity contribution is 5.75. The van der Waals surface area contributed by atoms with Crippen molar-refractivity contribution in [2.24, 2.45) is 0 Å². The smallest absolute Gasteiger partial charge is 0.219 e. The second-order valence-corrected chi connectivity index (χ2v) is 5.49. The lowest BCUT2D eigenvalue weighted by molar-refractivity contribution is -0.121. The largest absolute Gasteiger partial charge is 0.356 e. The second-order valence-electron chi connectivity index (χ2n) is 5.49. The third-order valence-electron chi connectivity index (χ3n) is 3.51. The van der Waals surface area contributed by atoms with Crippen molar-refractivity contribution in [3.05, 3.63) is 6.92 Å². The summed E-state index contributed by atoms with van der Waals surface area (Å²) >= 11 is 0. The molecule has 0 aliphatic rings. The van der Waals surface area contributed by atoms with E-state index < -0.39 is 0 Å². The fraction of sp³-hybridized carbons (Fsp3) is 0.882. The van der Waals surface area contributed by atoms with Crippen LogP contribution in [-0.4, -0.2) is 12.5 Å². The van der Waals surface area contributed by atoms with Crippen LogP contribution in [0.2, 0.25) is 0 Å². The molecule has 0 saturated carbocycles. The van der Waals surface area contributed by atoms with Crippen molar-refractivity contribution >= 4 is 5.91 Å². The van der Waals surface area contributed by atoms with Gasteiger partial charge in [0.2, 0.25) is 5.91 Å². The number of hydrogen-bond donors (Lipinski definition) is 1. The summed E-state index contributed by atoms with van der Waals surface area (Å²) in [6.07, 6.45) is 15.5. The first-order chi connectivity index (χ1) is 9.31. The number of amides is 1. The lowest BCUT2D eigenvalue weighted by Crippen LogP contribution is -2.23. The predicted octanol–water partition coefficient (Wildman–Crippen LogP) is 5.03. The Morgan fingerprint density at radius 2 is 1.42 bits per heavy atom. The number of carbonyl (C=O) groups excluding carboxylic acids is 1. The Balaban J connectivity index is 3.10. The average molecular weight is 268 g/mol. The van der Waals surface area contributed by atoms with E-state index in [1.54, 1.807) is 0 Å². The van der Waals surface area contributed by atoms with Crippen LogP contribution in [0.25, 0.3) is 0 Å². The third-order valence-corrected chi connectivity index (χ3v) is 3.51. The summed E-state index contributed by atoms with van der Waals surface area (Å²) in [5.74, 6) is 0.242. The van der Waals surface area contributed by atoms with Crippen molar-refractivity contribution in [2.45, 2.75) is 90.4 Å². The van der Waals surface area contributed by atoms with Crippen LogP contribution in [-0.2, 0) is 4.79 Å². The summed E-state index contributed by atoms with van der Waals surface area (Å²) in [4.78, 5) is 11.5. The van der Waals surface area contributed by atoms with Crippen molar-refractivity contribution in [3.8, 4) is 0 Å². The Morgan fingerprint density at radius 1 is 0.842 bits per heavy atom. The zero-order valence-corrected chi connectivity index (χ0v) is 13.0. The molecule has 0 unspecified atom stereocenters. The van der Waals surface area contributed by atoms with Crippen LogP contribution < -0.4 is 5.32 Å². The minimum absolute atomic E-state index is 0.242. The van der Waals surface area contributed by atoms with E-state index in [-0.39, 0.29) is 5.91 Å². The minimum Gasteiger partial charge on any atom is -0.356 e. The Labute approximate surface area is 120 Å². The Bertz CT molecular complexity index is 192. The Hall–Kier alpha value is -0.530. The van der Waals surface area contributed by atoms with Crippen LogP contribution in [0.4, 0.5) is 0 Å². The molecule has 0 fully saturated rings. The first kappa shape index (κ1) is 18.5. The fourth-order valence-corrected chi connectivity index (χ4v) is 2.21. The number of hydrogen-bond acceptors (Lipinski definition) is 1. The first-order valence-electron chi connectivity index (χ1n) is 8.37. The molecular weight excluding hydrogens is 234 g/mol. The van der Waals surface area contributed by atoms with Gasteiger partial charge in [-0.3, -0.25) is 4.79 Å². The van der Waals surface area contributed by atoms with Crippen molar-refractivity contribution in [1.82, 2.24) is 5.32 Å². The molecule has 19 heavy (non-hydrogen) atoms. The molecule has 1 N–H and O–H groups in total. The quantitative estimate of drug-likeness (QED) is 0.440. The van der Waals surface area contributed by atoms with Gasteiger partial charge in [0.1, 0.15) is 0 Å². The zero-order valence-electron chi connectivity index (χ0n) is 13.0. The first-order valence-corrected chi connectivity index (χ1v) is 8.37. The molecule has 0 atom stereocenters. The van der Waals surface area contributed by atoms with Gasteiger partial charge in [-0.25, -0.2) is 0 Å². The Kier molecular flexibility index (Phi) is 15.1. The molecule has 0 aromatic rings. The maximum absolute atomic E-state index is 11.5. The fourth-order valence-electron chi connectivity index (χ4n) is 2.21. The van der Waals surface area contributed by atoms with E-state index in [0.717, 1.165) is 25.8 Å². The van der Waals surface area contributed by atoms with Crippen LogP contribution in [0.15, 0.2) is 0 Å². The maximum Gasteiger partial charge on any atom is 0.219 e. The number of unbranched alkanes of at least 4 members (excludes halogenated alkanes) is 10. The molecule has 113 valence electrons. The molecule has 1 radical (unpaired) electrons. The average Bonchev–Trinajstić information content (AvgIpc) is 2.42. The van der Waals surface area contributed by atoms with E-state index in [1.165, 1.54) is 57.8 Å². The van der Waals surface area contributed by atoms with Crippen LogP contribution in [0.1, 0.15) is 90.4 Å². The monoisotopic (exact) mass is 268 g/mol. The summed E-state index contributed by atoms with van der Waals surface area (Å²) < 4.78 is 0. The van der Waals surface area contributed by atoms with Crippen LogP contribution in [0, 0.1) is 6.92 Å². The molecular formula is C17H34NO. The van der Waals surface area contributed by atoms with Gasteiger partial charge in [-0.1, -0.05) is 78.1 Å². The standard InChI is InChI=1S/C17H34NO/c1-3-5-7-8-9-10-11-12-13-15-17(19)18-16-14-6-4-2/h1,3-16H2,2H3,(H,18,19). The lowest BCUT2D eigenvalue weighted by Gasteiger charge is -2.05. The number of nitrogens with one attached hydrogen (secondary N) is 1. The lowest BCUT2D eigenvalue weighted by atomic mass is 10.1. The third kappa shape index (κ3) is 15.4. The summed E-state index contributed by atoms with van der Waals surface area (Å²) in [6, 6.07) is 0. The van der Waals surface area contributed by atoms with Crippen molar-refractivity contribution in [1.29, 1.82) is 0 Å². The van der Waals surface area contributed by atoms with Gasteiger partial charge in [0.25, 0.3) is 0 Å². The maximum atomic E-state index is 11.5. The van der Waals surface area contributed by atoms with E-state index in [0.29, 0.717) is 6.42 Å². The highest BCUT2D eigenvalue weighted by Gasteiger charge is 2.00. The SMILES string of the molecule is [CH2]CCCCCCCCCCC(=O)NCCCCC. The van der Waals surface area contributed by atoms with E-state index in [9.17, 15) is 4.79 Å². The highest BCUT2D eigenvalue weighted by atomic mass is 16.1. The molecule has 0 bridgehead atoms. The van der Waals surface area contributed by atoms with Gasteiger partial charge in [-0.05, 0) is 12.8 Å². The molecule has 0 aromatic heterocycles. The zero-order chi connectivity index (χ0) is 14.2. The Morgan fingerprint density at radius 3 is 2.00 bits per heavy atom. The molecule has 0 aliphatic carbocycles. The van der Waals surface area contributed by atoms with Gasteiger partial charge in [-0.2, -0.15) is 0 Å². The van der Waals surface area contributed by atoms with Gasteiger partial charge in [0.05, 0.1) is 0 Å². The van der Waals surface area contributed by atoms with E-state index in [1.807, 2.05) is 0 Å². The number of carbonyl (C=O) groups is 1. The van der Waals surface area contributed by atoms with Crippen molar-refractivity contribution < 1.29 is 4.79 Å². The van der Waals surface area contributed by atoms with Gasteiger partial charge in [0.15, 0.2) is 0 Å². The molecule has 0 aliphatic heterocycles. The molecule has 0 saturated heterocycles. The summed E-state index contributed by atoms with van der Waals surface area (Å²) in [7, 11) is 0. The van der Waals surface area contributed by atoms with E-state index in [2.05, 4.69) is 19.2 Å². The van der Waals surface area contributed by atoms with E-state index in [4.69, 9.17) is 0 Å². The molecule has 0 rings (SSSR count). The van der Waals surface area contributed by atoms with Gasteiger partial charge in [0, 0.05) is 13.0 Å². The molecule has 2 heteroatoms. The van der Waals surface area contributed by atoms with E-state index >= 15 is 0 Å². The second kappa shape index (κ2) is 15.5. The van der Waals surface area contributed by atoms with Crippen LogP contribution >= 0.6 is 0 Å². The molecule has 0 spiro atoms. The molecule has 2 nitrogen and oxygen atoms in total. The van der Waals surface area contributed by atoms with Gasteiger partial charge < -0.3 is 5.32 Å². The predicted molar refractivity (Wildman–Crippen MR) is 84.1 cm³/mol. The number of rotatable bonds is 14. The summed E-state index contributed by atoms with van der Waals surface area (Å²) in [6.45, 7) is 6.90. The van der Waals surface area contributed by atoms with Crippen LogP contribution in [0.3, 0.4) is 0 Å². The van der Waals surface area contributed by atoms with Crippen molar-refractivity contribution in [2.75, 3.05) is 6.54 Å². The van der Waals surface area contributed by atoms with Gasteiger partial charge >= 0.3 is 0 Å². The topological polar surface area (TPSA) is 29.1 Å². The molecule has 0 aromatic carbocycles. The normalized spacial score (nSPS) is 10.6. The van der Waals surface area contributed by atoms with Crippen LogP contribution in [0.5, 0.6) is 0 Å². The molecule has 1 amide bonds. The van der Waals surface area contributed by atoms with Gasteiger partial charge in [-0.15, -0.1) is 0 Å². The summed E-state index contributed by atoms with van der Waals surface area (Å²) in [5, 5.41) is 3.00. The minimum atomic E-state index is 0.242. The molecule has 0 heterocycles. The highest BCUT2D eigenvalue weighted by Crippen LogP contribution is 2.10.